The Morgan fingerprint density at radius 1 is 1.35 bits per heavy atom. The van der Waals surface area contributed by atoms with Crippen molar-refractivity contribution in [3.63, 3.8) is 0 Å². The van der Waals surface area contributed by atoms with Gasteiger partial charge in [-0.05, 0) is 42.8 Å². The number of carbonyl (C=O) groups is 1. The van der Waals surface area contributed by atoms with Crippen molar-refractivity contribution in [1.82, 2.24) is 9.55 Å². The molecule has 0 saturated carbocycles. The van der Waals surface area contributed by atoms with Crippen LogP contribution in [0.15, 0.2) is 22.9 Å². The largest absolute Gasteiger partial charge is 0.443 e. The summed E-state index contributed by atoms with van der Waals surface area (Å²) in [5, 5.41) is 0.889. The zero-order valence-electron chi connectivity index (χ0n) is 13.5. The van der Waals surface area contributed by atoms with E-state index < -0.39 is 11.7 Å². The molecule has 0 N–H and O–H groups in total. The normalized spacial score (nSPS) is 15.9. The predicted octanol–water partition coefficient (Wildman–Crippen LogP) is 3.42. The summed E-state index contributed by atoms with van der Waals surface area (Å²) in [6, 6.07) is 2.04. The van der Waals surface area contributed by atoms with Gasteiger partial charge in [0.15, 0.2) is 5.65 Å². The zero-order chi connectivity index (χ0) is 16.6. The number of hydrogen-bond donors (Lipinski definition) is 0. The van der Waals surface area contributed by atoms with Gasteiger partial charge in [-0.1, -0.05) is 0 Å². The van der Waals surface area contributed by atoms with Crippen molar-refractivity contribution in [2.45, 2.75) is 26.4 Å². The highest BCUT2D eigenvalue weighted by molar-refractivity contribution is 9.10. The van der Waals surface area contributed by atoms with E-state index in [4.69, 9.17) is 9.47 Å². The second-order valence-electron chi connectivity index (χ2n) is 6.49. The second kappa shape index (κ2) is 6.13. The quantitative estimate of drug-likeness (QED) is 0.757. The van der Waals surface area contributed by atoms with Crippen molar-refractivity contribution in [3.05, 3.63) is 22.9 Å². The number of anilines is 1. The summed E-state index contributed by atoms with van der Waals surface area (Å²) in [4.78, 5) is 19.0. The molecule has 0 aromatic carbocycles. The van der Waals surface area contributed by atoms with Crippen LogP contribution in [0.1, 0.15) is 20.8 Å². The Morgan fingerprint density at radius 3 is 2.70 bits per heavy atom. The molecule has 7 heteroatoms. The van der Waals surface area contributed by atoms with Crippen LogP contribution in [0.4, 0.5) is 10.5 Å². The molecular formula is C16H20BrN3O3. The van der Waals surface area contributed by atoms with E-state index in [1.54, 1.807) is 12.4 Å². The van der Waals surface area contributed by atoms with Crippen LogP contribution < -0.4 is 4.90 Å². The van der Waals surface area contributed by atoms with Gasteiger partial charge in [0.2, 0.25) is 0 Å². The molecule has 1 aliphatic rings. The second-order valence-corrected chi connectivity index (χ2v) is 7.35. The van der Waals surface area contributed by atoms with Gasteiger partial charge in [-0.25, -0.2) is 14.3 Å². The Kier molecular flexibility index (Phi) is 4.33. The number of carbonyl (C=O) groups excluding carboxylic acids is 1. The minimum Gasteiger partial charge on any atom is -0.443 e. The molecule has 0 aliphatic carbocycles. The molecule has 6 nitrogen and oxygen atoms in total. The Morgan fingerprint density at radius 2 is 2.04 bits per heavy atom. The Bertz CT molecular complexity index is 730. The number of nitrogens with zero attached hydrogens (tertiary/aromatic N) is 3. The summed E-state index contributed by atoms with van der Waals surface area (Å²) in [6.07, 6.45) is 3.07. The average Bonchev–Trinajstić information content (AvgIpc) is 2.83. The van der Waals surface area contributed by atoms with E-state index >= 15 is 0 Å². The molecule has 2 aromatic heterocycles. The van der Waals surface area contributed by atoms with Gasteiger partial charge in [0.25, 0.3) is 0 Å². The maximum absolute atomic E-state index is 12.3. The van der Waals surface area contributed by atoms with Crippen LogP contribution >= 0.6 is 15.9 Å². The zero-order valence-corrected chi connectivity index (χ0v) is 15.1. The highest BCUT2D eigenvalue weighted by Crippen LogP contribution is 2.29. The first-order valence-electron chi connectivity index (χ1n) is 7.58. The first kappa shape index (κ1) is 16.3. The third-order valence-electron chi connectivity index (χ3n) is 3.55. The van der Waals surface area contributed by atoms with Crippen molar-refractivity contribution in [3.8, 4) is 0 Å². The molecule has 124 valence electrons. The predicted molar refractivity (Wildman–Crippen MR) is 92.1 cm³/mol. The molecule has 3 rings (SSSR count). The lowest BCUT2D eigenvalue weighted by atomic mass is 10.2. The molecule has 23 heavy (non-hydrogen) atoms. The Balaban J connectivity index is 1.95. The highest BCUT2D eigenvalue weighted by Gasteiger charge is 2.22. The topological polar surface area (TPSA) is 56.6 Å². The van der Waals surface area contributed by atoms with E-state index in [1.165, 1.54) is 4.57 Å². The summed E-state index contributed by atoms with van der Waals surface area (Å²) in [5.41, 5.74) is 1.07. The first-order chi connectivity index (χ1) is 10.8. The van der Waals surface area contributed by atoms with Crippen LogP contribution in [0.25, 0.3) is 11.0 Å². The monoisotopic (exact) mass is 381 g/mol. The maximum atomic E-state index is 12.3. The van der Waals surface area contributed by atoms with Crippen molar-refractivity contribution >= 4 is 38.7 Å². The molecule has 0 radical (unpaired) electrons. The fourth-order valence-electron chi connectivity index (χ4n) is 2.50. The molecule has 3 heterocycles. The number of fused-ring (bicyclic) bond motifs is 1. The van der Waals surface area contributed by atoms with Crippen LogP contribution in [0.5, 0.6) is 0 Å². The molecule has 0 unspecified atom stereocenters. The van der Waals surface area contributed by atoms with E-state index in [2.05, 4.69) is 25.8 Å². The van der Waals surface area contributed by atoms with Crippen molar-refractivity contribution in [1.29, 1.82) is 0 Å². The summed E-state index contributed by atoms with van der Waals surface area (Å²) in [5.74, 6) is 0. The molecule has 0 amide bonds. The lowest BCUT2D eigenvalue weighted by Crippen LogP contribution is -2.36. The lowest BCUT2D eigenvalue weighted by molar-refractivity contribution is 0.0543. The Hall–Kier alpha value is -1.60. The van der Waals surface area contributed by atoms with Crippen LogP contribution in [0.2, 0.25) is 0 Å². The molecule has 1 saturated heterocycles. The molecule has 0 bridgehead atoms. The van der Waals surface area contributed by atoms with Gasteiger partial charge in [-0.3, -0.25) is 0 Å². The van der Waals surface area contributed by atoms with Gasteiger partial charge in [-0.2, -0.15) is 0 Å². The SMILES string of the molecule is CC(C)(C)OC(=O)n1cc(Br)c2cc(N3CCOCC3)cnc21. The van der Waals surface area contributed by atoms with Gasteiger partial charge < -0.3 is 14.4 Å². The number of hydrogen-bond acceptors (Lipinski definition) is 5. The summed E-state index contributed by atoms with van der Waals surface area (Å²) in [6.45, 7) is 8.66. The van der Waals surface area contributed by atoms with Gasteiger partial charge >= 0.3 is 6.09 Å². The molecule has 1 aliphatic heterocycles. The molecule has 2 aromatic rings. The minimum absolute atomic E-state index is 0.431. The van der Waals surface area contributed by atoms with E-state index in [1.807, 2.05) is 26.8 Å². The fourth-order valence-corrected chi connectivity index (χ4v) is 3.00. The third-order valence-corrected chi connectivity index (χ3v) is 4.18. The van der Waals surface area contributed by atoms with E-state index in [9.17, 15) is 4.79 Å². The third kappa shape index (κ3) is 3.50. The number of pyridine rings is 1. The van der Waals surface area contributed by atoms with Crippen molar-refractivity contribution < 1.29 is 14.3 Å². The lowest BCUT2D eigenvalue weighted by Gasteiger charge is -2.28. The molecule has 0 atom stereocenters. The van der Waals surface area contributed by atoms with Crippen LogP contribution in [-0.4, -0.2) is 47.5 Å². The van der Waals surface area contributed by atoms with Gasteiger partial charge in [0.05, 0.1) is 25.1 Å². The minimum atomic E-state index is -0.548. The smallest absolute Gasteiger partial charge is 0.420 e. The standard InChI is InChI=1S/C16H20BrN3O3/c1-16(2,3)23-15(21)20-10-13(17)12-8-11(9-18-14(12)20)19-4-6-22-7-5-19/h8-10H,4-7H2,1-3H3. The molecule has 0 spiro atoms. The van der Waals surface area contributed by atoms with Crippen molar-refractivity contribution in [2.75, 3.05) is 31.2 Å². The van der Waals surface area contributed by atoms with Crippen LogP contribution in [0, 0.1) is 0 Å². The number of ether oxygens (including phenoxy) is 2. The van der Waals surface area contributed by atoms with Crippen LogP contribution in [-0.2, 0) is 9.47 Å². The number of aromatic nitrogens is 2. The van der Waals surface area contributed by atoms with E-state index in [0.717, 1.165) is 41.8 Å². The number of morpholine rings is 1. The van der Waals surface area contributed by atoms with Gasteiger partial charge in [0, 0.05) is 29.1 Å². The Labute approximate surface area is 143 Å². The van der Waals surface area contributed by atoms with Crippen molar-refractivity contribution in [2.24, 2.45) is 0 Å². The number of rotatable bonds is 1. The first-order valence-corrected chi connectivity index (χ1v) is 8.37. The number of halogens is 1. The molecule has 1 fully saturated rings. The summed E-state index contributed by atoms with van der Waals surface area (Å²) >= 11 is 3.51. The highest BCUT2D eigenvalue weighted by atomic mass is 79.9. The van der Waals surface area contributed by atoms with E-state index in [0.29, 0.717) is 5.65 Å². The van der Waals surface area contributed by atoms with E-state index in [-0.39, 0.29) is 0 Å². The maximum Gasteiger partial charge on any atom is 0.420 e. The van der Waals surface area contributed by atoms with Gasteiger partial charge in [0.1, 0.15) is 5.60 Å². The summed E-state index contributed by atoms with van der Waals surface area (Å²) < 4.78 is 13.1. The van der Waals surface area contributed by atoms with Crippen LogP contribution in [0.3, 0.4) is 0 Å². The summed E-state index contributed by atoms with van der Waals surface area (Å²) in [7, 11) is 0. The molecular weight excluding hydrogens is 362 g/mol. The fraction of sp³-hybridized carbons (Fsp3) is 0.500. The average molecular weight is 382 g/mol. The van der Waals surface area contributed by atoms with Gasteiger partial charge in [-0.15, -0.1) is 0 Å².